The fourth-order valence-corrected chi connectivity index (χ4v) is 4.57. The molecule has 0 spiro atoms. The Balaban J connectivity index is 1.90. The largest absolute Gasteiger partial charge is 0.508 e. The summed E-state index contributed by atoms with van der Waals surface area (Å²) in [4.78, 5) is 0. The summed E-state index contributed by atoms with van der Waals surface area (Å²) in [5.41, 5.74) is 3.07. The van der Waals surface area contributed by atoms with Crippen LogP contribution in [-0.4, -0.2) is 40.6 Å². The second-order valence-corrected chi connectivity index (χ2v) is 7.89. The fraction of sp³-hybridized carbons (Fsp3) is 0.222. The first-order valence-electron chi connectivity index (χ1n) is 7.79. The highest BCUT2D eigenvalue weighted by Crippen LogP contribution is 2.50. The van der Waals surface area contributed by atoms with E-state index in [1.54, 1.807) is 36.4 Å². The summed E-state index contributed by atoms with van der Waals surface area (Å²) in [6, 6.07) is 13.0. The lowest BCUT2D eigenvalue weighted by molar-refractivity contribution is 0.128. The molecule has 0 saturated carbocycles. The molecule has 3 N–H and O–H groups in total. The SMILES string of the molecule is O=S(=O)(O)[C@@H]1C[C@@H]2O[C@H]1C(c1ccc(O)cc1)=C2c1ccc(O)cc1. The predicted octanol–water partition coefficient (Wildman–Crippen LogP) is 2.44. The van der Waals surface area contributed by atoms with Crippen molar-refractivity contribution in [3.05, 3.63) is 59.7 Å². The molecule has 25 heavy (non-hydrogen) atoms. The maximum atomic E-state index is 11.7. The summed E-state index contributed by atoms with van der Waals surface area (Å²) in [6.07, 6.45) is -1.04. The lowest BCUT2D eigenvalue weighted by atomic mass is 9.83. The molecule has 0 amide bonds. The van der Waals surface area contributed by atoms with Crippen molar-refractivity contribution in [2.24, 2.45) is 0 Å². The molecule has 0 radical (unpaired) electrons. The van der Waals surface area contributed by atoms with Crippen molar-refractivity contribution in [1.29, 1.82) is 0 Å². The summed E-state index contributed by atoms with van der Waals surface area (Å²) in [5.74, 6) is 0.237. The molecule has 0 unspecified atom stereocenters. The maximum absolute atomic E-state index is 11.7. The average Bonchev–Trinajstić information content (AvgIpc) is 3.14. The monoisotopic (exact) mass is 360 g/mol. The molecule has 7 heteroatoms. The zero-order valence-corrected chi connectivity index (χ0v) is 13.8. The van der Waals surface area contributed by atoms with Crippen LogP contribution in [-0.2, 0) is 14.9 Å². The first-order valence-corrected chi connectivity index (χ1v) is 9.29. The second-order valence-electron chi connectivity index (χ2n) is 6.26. The van der Waals surface area contributed by atoms with Gasteiger partial charge in [-0.25, -0.2) is 0 Å². The van der Waals surface area contributed by atoms with E-state index in [9.17, 15) is 23.2 Å². The van der Waals surface area contributed by atoms with Crippen molar-refractivity contribution in [3.63, 3.8) is 0 Å². The Labute approximate surface area is 144 Å². The molecule has 0 aromatic heterocycles. The van der Waals surface area contributed by atoms with Crippen molar-refractivity contribution in [2.45, 2.75) is 23.9 Å². The average molecular weight is 360 g/mol. The summed E-state index contributed by atoms with van der Waals surface area (Å²) in [5, 5.41) is 18.0. The lowest BCUT2D eigenvalue weighted by Crippen LogP contribution is -2.32. The van der Waals surface area contributed by atoms with Gasteiger partial charge in [-0.15, -0.1) is 0 Å². The van der Waals surface area contributed by atoms with Crippen LogP contribution in [0.2, 0.25) is 0 Å². The van der Waals surface area contributed by atoms with Crippen LogP contribution in [0.5, 0.6) is 11.5 Å². The molecule has 1 saturated heterocycles. The van der Waals surface area contributed by atoms with E-state index in [-0.39, 0.29) is 17.9 Å². The van der Waals surface area contributed by atoms with Crippen molar-refractivity contribution < 1.29 is 27.9 Å². The van der Waals surface area contributed by atoms with Crippen molar-refractivity contribution in [2.75, 3.05) is 0 Å². The Morgan fingerprint density at radius 1 is 0.840 bits per heavy atom. The molecule has 2 aromatic rings. The van der Waals surface area contributed by atoms with E-state index in [1.165, 1.54) is 12.1 Å². The van der Waals surface area contributed by atoms with Crippen molar-refractivity contribution in [3.8, 4) is 11.5 Å². The van der Waals surface area contributed by atoms with Crippen molar-refractivity contribution in [1.82, 2.24) is 0 Å². The van der Waals surface area contributed by atoms with Crippen LogP contribution >= 0.6 is 0 Å². The van der Waals surface area contributed by atoms with Gasteiger partial charge in [-0.2, -0.15) is 8.42 Å². The lowest BCUT2D eigenvalue weighted by Gasteiger charge is -2.23. The maximum Gasteiger partial charge on any atom is 0.270 e. The normalized spacial score (nSPS) is 25.6. The van der Waals surface area contributed by atoms with E-state index < -0.39 is 27.6 Å². The van der Waals surface area contributed by atoms with Gasteiger partial charge in [0.2, 0.25) is 0 Å². The van der Waals surface area contributed by atoms with E-state index in [1.807, 2.05) is 0 Å². The van der Waals surface area contributed by atoms with Gasteiger partial charge in [0.25, 0.3) is 10.1 Å². The van der Waals surface area contributed by atoms with Gasteiger partial charge in [-0.1, -0.05) is 24.3 Å². The van der Waals surface area contributed by atoms with Gasteiger partial charge >= 0.3 is 0 Å². The van der Waals surface area contributed by atoms with Crippen LogP contribution < -0.4 is 0 Å². The molecule has 1 fully saturated rings. The molecule has 2 heterocycles. The number of hydrogen-bond acceptors (Lipinski definition) is 5. The summed E-state index contributed by atoms with van der Waals surface area (Å²) >= 11 is 0. The third-order valence-corrected chi connectivity index (χ3v) is 5.94. The zero-order chi connectivity index (χ0) is 17.8. The van der Waals surface area contributed by atoms with E-state index in [0.717, 1.165) is 16.7 Å². The molecule has 2 bridgehead atoms. The second kappa shape index (κ2) is 5.59. The smallest absolute Gasteiger partial charge is 0.270 e. The van der Waals surface area contributed by atoms with Gasteiger partial charge in [0.15, 0.2) is 0 Å². The molecular weight excluding hydrogens is 344 g/mol. The summed E-state index contributed by atoms with van der Waals surface area (Å²) in [7, 11) is -4.24. The number of aromatic hydroxyl groups is 2. The highest BCUT2D eigenvalue weighted by Gasteiger charge is 2.52. The van der Waals surface area contributed by atoms with E-state index >= 15 is 0 Å². The number of fused-ring (bicyclic) bond motifs is 2. The van der Waals surface area contributed by atoms with Crippen LogP contribution in [0.15, 0.2) is 48.5 Å². The predicted molar refractivity (Wildman–Crippen MR) is 91.6 cm³/mol. The minimum absolute atomic E-state index is 0.103. The first-order chi connectivity index (χ1) is 11.8. The summed E-state index contributed by atoms with van der Waals surface area (Å²) < 4.78 is 38.9. The van der Waals surface area contributed by atoms with Gasteiger partial charge < -0.3 is 14.9 Å². The number of benzene rings is 2. The Kier molecular flexibility index (Phi) is 3.61. The van der Waals surface area contributed by atoms with Gasteiger partial charge in [0, 0.05) is 0 Å². The minimum atomic E-state index is -4.24. The highest BCUT2D eigenvalue weighted by molar-refractivity contribution is 7.86. The molecule has 3 atom stereocenters. The summed E-state index contributed by atoms with van der Waals surface area (Å²) in [6.45, 7) is 0. The van der Waals surface area contributed by atoms with Gasteiger partial charge in [-0.05, 0) is 53.0 Å². The van der Waals surface area contributed by atoms with Crippen LogP contribution in [0.25, 0.3) is 11.1 Å². The van der Waals surface area contributed by atoms with Crippen LogP contribution in [0.1, 0.15) is 17.5 Å². The highest BCUT2D eigenvalue weighted by atomic mass is 32.2. The van der Waals surface area contributed by atoms with Gasteiger partial charge in [0.05, 0.1) is 6.10 Å². The number of phenols is 2. The first kappa shape index (κ1) is 16.1. The number of ether oxygens (including phenoxy) is 1. The van der Waals surface area contributed by atoms with Crippen LogP contribution in [0.4, 0.5) is 0 Å². The molecule has 2 aliphatic heterocycles. The van der Waals surface area contributed by atoms with E-state index in [4.69, 9.17) is 4.74 Å². The van der Waals surface area contributed by atoms with E-state index in [2.05, 4.69) is 0 Å². The number of hydrogen-bond donors (Lipinski definition) is 3. The van der Waals surface area contributed by atoms with E-state index in [0.29, 0.717) is 5.57 Å². The molecule has 4 rings (SSSR count). The van der Waals surface area contributed by atoms with Crippen molar-refractivity contribution >= 4 is 21.3 Å². The number of rotatable bonds is 3. The molecule has 0 aliphatic carbocycles. The molecule has 6 nitrogen and oxygen atoms in total. The number of phenolic OH excluding ortho intramolecular Hbond substituents is 2. The topological polar surface area (TPSA) is 104 Å². The van der Waals surface area contributed by atoms with Crippen LogP contribution in [0, 0.1) is 0 Å². The Morgan fingerprint density at radius 3 is 1.80 bits per heavy atom. The standard InChI is InChI=1S/C18H16O6S/c19-12-5-1-10(2-6-12)16-14-9-15(25(21,22)23)18(24-14)17(16)11-3-7-13(20)8-4-11/h1-8,14-15,18-20H,9H2,(H,21,22,23)/t14-,15+,18+/m0/s1. The third kappa shape index (κ3) is 2.70. The fourth-order valence-electron chi connectivity index (χ4n) is 3.64. The third-order valence-electron chi connectivity index (χ3n) is 4.73. The Morgan fingerprint density at radius 2 is 1.32 bits per heavy atom. The molecule has 2 aromatic carbocycles. The van der Waals surface area contributed by atoms with Gasteiger partial charge in [-0.3, -0.25) is 4.55 Å². The quantitative estimate of drug-likeness (QED) is 0.726. The zero-order valence-electron chi connectivity index (χ0n) is 13.0. The Hall–Kier alpha value is -2.35. The van der Waals surface area contributed by atoms with Crippen LogP contribution in [0.3, 0.4) is 0 Å². The Bertz CT molecular complexity index is 944. The van der Waals surface area contributed by atoms with Gasteiger partial charge in [0.1, 0.15) is 22.9 Å². The molecule has 2 aliphatic rings. The molecular formula is C18H16O6S. The molecule has 130 valence electrons. The minimum Gasteiger partial charge on any atom is -0.508 e.